The standard InChI is InChI=1S/C37H58O13/c1-6-10-31(39)50-30-18-25-16-24(47-35-34(44-5)33(41)32(40)22(4)45-35)15-23(46-25)13-20(2)11-8-7-9-12-28-21(3)14-29(49-28)27(38)17-26-19-37(30,43)36(42)48-26/h7-9,11,20-30,32-35,38,40-41,43H,6,10,12-19H2,1-5H3. The highest BCUT2D eigenvalue weighted by molar-refractivity contribution is 5.83. The van der Waals surface area contributed by atoms with Crippen molar-refractivity contribution in [2.75, 3.05) is 7.11 Å². The lowest BCUT2D eigenvalue weighted by Gasteiger charge is -2.44. The predicted molar refractivity (Wildman–Crippen MR) is 179 cm³/mol. The Morgan fingerprint density at radius 3 is 2.38 bits per heavy atom. The van der Waals surface area contributed by atoms with Crippen molar-refractivity contribution in [2.45, 2.75) is 177 Å². The van der Waals surface area contributed by atoms with Crippen molar-refractivity contribution >= 4 is 11.9 Å². The molecule has 0 radical (unpaired) electrons. The molecule has 0 aromatic carbocycles. The molecule has 4 fully saturated rings. The number of esters is 2. The lowest BCUT2D eigenvalue weighted by atomic mass is 9.85. The second-order valence-corrected chi connectivity index (χ2v) is 15.1. The fourth-order valence-electron chi connectivity index (χ4n) is 8.08. The van der Waals surface area contributed by atoms with Crippen molar-refractivity contribution in [1.29, 1.82) is 0 Å². The quantitative estimate of drug-likeness (QED) is 0.296. The largest absolute Gasteiger partial charge is 0.460 e. The molecule has 5 rings (SSSR count). The van der Waals surface area contributed by atoms with Crippen molar-refractivity contribution in [3.8, 4) is 0 Å². The van der Waals surface area contributed by atoms with Gasteiger partial charge >= 0.3 is 11.9 Å². The Labute approximate surface area is 295 Å². The van der Waals surface area contributed by atoms with Crippen molar-refractivity contribution in [1.82, 2.24) is 0 Å². The molecule has 0 aromatic rings. The SMILES string of the molecule is CCCC(=O)OC1CC2CC(OC3OC(C)C(O)C(O)C3OC)CC(CC(C)C=CC=CCC3OC(CC3C)C(O)CC3CC1(O)C(=O)O3)O2. The first kappa shape index (κ1) is 39.3. The molecular weight excluding hydrogens is 652 g/mol. The maximum absolute atomic E-state index is 13.4. The Morgan fingerprint density at radius 2 is 1.66 bits per heavy atom. The maximum atomic E-state index is 13.4. The minimum atomic E-state index is -2.15. The lowest BCUT2D eigenvalue weighted by molar-refractivity contribution is -0.316. The zero-order chi connectivity index (χ0) is 36.2. The molecule has 284 valence electrons. The summed E-state index contributed by atoms with van der Waals surface area (Å²) in [7, 11) is 1.42. The molecule has 4 saturated heterocycles. The van der Waals surface area contributed by atoms with Gasteiger partial charge in [0.05, 0.1) is 42.7 Å². The number of fused-ring (bicyclic) bond motifs is 6. The summed E-state index contributed by atoms with van der Waals surface area (Å²) in [6.45, 7) is 7.67. The molecule has 13 nitrogen and oxygen atoms in total. The van der Waals surface area contributed by atoms with E-state index in [-0.39, 0.29) is 49.7 Å². The monoisotopic (exact) mass is 710 g/mol. The number of hydrogen-bond donors (Lipinski definition) is 4. The third-order valence-electron chi connectivity index (χ3n) is 10.9. The van der Waals surface area contributed by atoms with E-state index in [2.05, 4.69) is 26.0 Å². The molecule has 13 heteroatoms. The van der Waals surface area contributed by atoms with Gasteiger partial charge < -0.3 is 53.6 Å². The van der Waals surface area contributed by atoms with Gasteiger partial charge in [-0.05, 0) is 44.4 Å². The van der Waals surface area contributed by atoms with E-state index in [0.29, 0.717) is 38.5 Å². The minimum Gasteiger partial charge on any atom is -0.460 e. The van der Waals surface area contributed by atoms with Crippen LogP contribution in [0.2, 0.25) is 0 Å². The van der Waals surface area contributed by atoms with Crippen LogP contribution >= 0.6 is 0 Å². The summed E-state index contributed by atoms with van der Waals surface area (Å²) in [4.78, 5) is 26.3. The molecule has 0 amide bonds. The van der Waals surface area contributed by atoms with Crippen LogP contribution in [0.15, 0.2) is 24.3 Å². The summed E-state index contributed by atoms with van der Waals surface area (Å²) in [5.74, 6) is -1.12. The first-order valence-corrected chi connectivity index (χ1v) is 18.5. The molecule has 4 N–H and O–H groups in total. The summed E-state index contributed by atoms with van der Waals surface area (Å²) in [5, 5.41) is 44.2. The van der Waals surface area contributed by atoms with Gasteiger partial charge in [-0.25, -0.2) is 4.79 Å². The number of ether oxygens (including phenoxy) is 7. The van der Waals surface area contributed by atoms with Gasteiger partial charge in [0.15, 0.2) is 6.29 Å². The van der Waals surface area contributed by atoms with Crippen molar-refractivity contribution in [3.63, 3.8) is 0 Å². The zero-order valence-corrected chi connectivity index (χ0v) is 30.0. The van der Waals surface area contributed by atoms with Crippen molar-refractivity contribution in [3.05, 3.63) is 24.3 Å². The van der Waals surface area contributed by atoms with Crippen LogP contribution in [-0.4, -0.2) is 125 Å². The highest BCUT2D eigenvalue weighted by atomic mass is 16.7. The topological polar surface area (TPSA) is 180 Å². The predicted octanol–water partition coefficient (Wildman–Crippen LogP) is 2.64. The minimum absolute atomic E-state index is 0.0124. The maximum Gasteiger partial charge on any atom is 0.342 e. The summed E-state index contributed by atoms with van der Waals surface area (Å²) >= 11 is 0. The number of allylic oxidation sites excluding steroid dienone is 3. The van der Waals surface area contributed by atoms with Gasteiger partial charge in [0.1, 0.15) is 30.5 Å². The van der Waals surface area contributed by atoms with Crippen molar-refractivity contribution < 1.29 is 63.2 Å². The fraction of sp³-hybridized carbons (Fsp3) is 0.838. The molecule has 5 aliphatic heterocycles. The molecule has 50 heavy (non-hydrogen) atoms. The van der Waals surface area contributed by atoms with E-state index in [9.17, 15) is 30.0 Å². The average Bonchev–Trinajstić information content (AvgIpc) is 3.57. The summed E-state index contributed by atoms with van der Waals surface area (Å²) in [6.07, 6.45) is 1.62. The molecule has 5 aliphatic rings. The highest BCUT2D eigenvalue weighted by Crippen LogP contribution is 2.40. The van der Waals surface area contributed by atoms with Crippen LogP contribution in [0.3, 0.4) is 0 Å². The van der Waals surface area contributed by atoms with E-state index < -0.39 is 84.9 Å². The zero-order valence-electron chi connectivity index (χ0n) is 30.0. The number of carbonyl (C=O) groups excluding carboxylic acids is 2. The van der Waals surface area contributed by atoms with Crippen molar-refractivity contribution in [2.24, 2.45) is 11.8 Å². The summed E-state index contributed by atoms with van der Waals surface area (Å²) in [6, 6.07) is 0. The molecule has 5 heterocycles. The van der Waals surface area contributed by atoms with Gasteiger partial charge in [0.25, 0.3) is 0 Å². The number of carbonyl (C=O) groups is 2. The average molecular weight is 711 g/mol. The van der Waals surface area contributed by atoms with Crippen LogP contribution in [-0.2, 0) is 42.7 Å². The lowest BCUT2D eigenvalue weighted by Crippen LogP contribution is -2.59. The molecular formula is C37H58O13. The number of aliphatic hydroxyl groups is 4. The Kier molecular flexibility index (Phi) is 13.6. The van der Waals surface area contributed by atoms with E-state index in [0.717, 1.165) is 0 Å². The molecule has 16 atom stereocenters. The number of methoxy groups -OCH3 is 1. The van der Waals surface area contributed by atoms with Gasteiger partial charge in [-0.15, -0.1) is 0 Å². The van der Waals surface area contributed by atoms with Crippen LogP contribution < -0.4 is 0 Å². The molecule has 0 saturated carbocycles. The Bertz CT molecular complexity index is 1190. The van der Waals surface area contributed by atoms with E-state index in [1.54, 1.807) is 6.92 Å². The van der Waals surface area contributed by atoms with Gasteiger partial charge in [-0.2, -0.15) is 0 Å². The van der Waals surface area contributed by atoms with Crippen LogP contribution in [0, 0.1) is 11.8 Å². The van der Waals surface area contributed by atoms with Gasteiger partial charge in [-0.3, -0.25) is 4.79 Å². The molecule has 0 aromatic heterocycles. The third-order valence-corrected chi connectivity index (χ3v) is 10.9. The molecule has 16 unspecified atom stereocenters. The molecule has 6 bridgehead atoms. The first-order valence-electron chi connectivity index (χ1n) is 18.5. The van der Waals surface area contributed by atoms with E-state index in [4.69, 9.17) is 33.2 Å². The van der Waals surface area contributed by atoms with Crippen LogP contribution in [0.25, 0.3) is 0 Å². The number of rotatable bonds is 6. The first-order chi connectivity index (χ1) is 23.8. The van der Waals surface area contributed by atoms with E-state index >= 15 is 0 Å². The third kappa shape index (κ3) is 9.34. The molecule has 0 aliphatic carbocycles. The number of hydrogen-bond acceptors (Lipinski definition) is 13. The highest BCUT2D eigenvalue weighted by Gasteiger charge is 2.57. The normalized spacial score (nSPS) is 45.9. The Morgan fingerprint density at radius 1 is 0.920 bits per heavy atom. The van der Waals surface area contributed by atoms with E-state index in [1.807, 2.05) is 19.1 Å². The fourth-order valence-corrected chi connectivity index (χ4v) is 8.08. The smallest absolute Gasteiger partial charge is 0.342 e. The van der Waals surface area contributed by atoms with Crippen LogP contribution in [0.5, 0.6) is 0 Å². The van der Waals surface area contributed by atoms with Crippen LogP contribution in [0.4, 0.5) is 0 Å². The number of aliphatic hydroxyl groups excluding tert-OH is 3. The Balaban J connectivity index is 1.42. The second kappa shape index (κ2) is 17.3. The molecule has 0 spiro atoms. The summed E-state index contributed by atoms with van der Waals surface area (Å²) in [5.41, 5.74) is -2.15. The van der Waals surface area contributed by atoms with Crippen LogP contribution in [0.1, 0.15) is 91.9 Å². The van der Waals surface area contributed by atoms with Gasteiger partial charge in [-0.1, -0.05) is 45.1 Å². The summed E-state index contributed by atoms with van der Waals surface area (Å²) < 4.78 is 42.2. The Hall–Kier alpha value is -1.94. The second-order valence-electron chi connectivity index (χ2n) is 15.1. The van der Waals surface area contributed by atoms with E-state index in [1.165, 1.54) is 7.11 Å². The van der Waals surface area contributed by atoms with Gasteiger partial charge in [0.2, 0.25) is 5.60 Å². The van der Waals surface area contributed by atoms with Gasteiger partial charge in [0, 0.05) is 45.6 Å².